The fourth-order valence-corrected chi connectivity index (χ4v) is 2.23. The second-order valence-corrected chi connectivity index (χ2v) is 6.45. The molecule has 0 atom stereocenters. The quantitative estimate of drug-likeness (QED) is 0.932. The molecule has 0 aliphatic carbocycles. The lowest BCUT2D eigenvalue weighted by Gasteiger charge is -2.21. The molecule has 6 heteroatoms. The molecule has 0 bridgehead atoms. The topological polar surface area (TPSA) is 74.2 Å². The van der Waals surface area contributed by atoms with Crippen molar-refractivity contribution in [3.63, 3.8) is 0 Å². The van der Waals surface area contributed by atoms with Gasteiger partial charge in [-0.15, -0.1) is 0 Å². The number of hydrogen-bond acceptors (Lipinski definition) is 6. The van der Waals surface area contributed by atoms with Gasteiger partial charge in [-0.3, -0.25) is 0 Å². The number of pyridine rings is 1. The molecular formula is C14H19N3O2S. The molecule has 0 saturated carbocycles. The molecule has 0 aromatic carbocycles. The highest BCUT2D eigenvalue weighted by atomic mass is 32.2. The van der Waals surface area contributed by atoms with Crippen molar-refractivity contribution in [1.29, 1.82) is 0 Å². The molecule has 0 aliphatic heterocycles. The van der Waals surface area contributed by atoms with Gasteiger partial charge in [0.1, 0.15) is 16.4 Å². The number of aromatic nitrogens is 2. The molecule has 2 rings (SSSR count). The zero-order valence-electron chi connectivity index (χ0n) is 12.4. The number of oxazole rings is 1. The Labute approximate surface area is 122 Å². The van der Waals surface area contributed by atoms with Crippen molar-refractivity contribution in [3.8, 4) is 5.88 Å². The first-order valence-electron chi connectivity index (χ1n) is 6.32. The summed E-state index contributed by atoms with van der Waals surface area (Å²) in [5.74, 6) is 1.25. The lowest BCUT2D eigenvalue weighted by Crippen LogP contribution is -2.24. The molecule has 2 aromatic rings. The summed E-state index contributed by atoms with van der Waals surface area (Å²) >= 11 is 1.35. The highest BCUT2D eigenvalue weighted by molar-refractivity contribution is 7.99. The minimum absolute atomic E-state index is 0.347. The van der Waals surface area contributed by atoms with Gasteiger partial charge in [0.25, 0.3) is 5.22 Å². The van der Waals surface area contributed by atoms with E-state index in [1.807, 2.05) is 40.7 Å². The largest absolute Gasteiger partial charge is 0.470 e. The van der Waals surface area contributed by atoms with Crippen molar-refractivity contribution in [1.82, 2.24) is 9.97 Å². The Morgan fingerprint density at radius 2 is 1.90 bits per heavy atom. The summed E-state index contributed by atoms with van der Waals surface area (Å²) in [6, 6.07) is 3.60. The number of ether oxygens (including phenoxy) is 1. The number of hydrogen-bond donors (Lipinski definition) is 1. The molecule has 2 heterocycles. The summed E-state index contributed by atoms with van der Waals surface area (Å²) < 4.78 is 11.3. The second kappa shape index (κ2) is 5.36. The number of anilines is 1. The van der Waals surface area contributed by atoms with Gasteiger partial charge in [0.2, 0.25) is 5.88 Å². The van der Waals surface area contributed by atoms with Crippen LogP contribution in [0.15, 0.2) is 26.8 Å². The van der Waals surface area contributed by atoms with Crippen molar-refractivity contribution >= 4 is 17.4 Å². The highest BCUT2D eigenvalue weighted by Gasteiger charge is 2.16. The van der Waals surface area contributed by atoms with Crippen LogP contribution in [0.4, 0.5) is 5.69 Å². The van der Waals surface area contributed by atoms with Crippen LogP contribution in [0.25, 0.3) is 0 Å². The number of rotatable bonds is 3. The van der Waals surface area contributed by atoms with E-state index in [-0.39, 0.29) is 5.60 Å². The summed E-state index contributed by atoms with van der Waals surface area (Å²) in [7, 11) is 0. The van der Waals surface area contributed by atoms with E-state index >= 15 is 0 Å². The van der Waals surface area contributed by atoms with Crippen LogP contribution in [-0.2, 0) is 0 Å². The van der Waals surface area contributed by atoms with Gasteiger partial charge in [-0.2, -0.15) is 0 Å². The van der Waals surface area contributed by atoms with Gasteiger partial charge in [0.15, 0.2) is 0 Å². The smallest absolute Gasteiger partial charge is 0.262 e. The standard InChI is InChI=1S/C14H19N3O2S/c1-8-9(2)18-13(16-8)20-11-7-6-10(15)12(17-11)19-14(3,4)5/h6-7H,15H2,1-5H3. The predicted molar refractivity (Wildman–Crippen MR) is 79.1 cm³/mol. The first-order valence-corrected chi connectivity index (χ1v) is 7.14. The molecule has 5 nitrogen and oxygen atoms in total. The van der Waals surface area contributed by atoms with E-state index in [4.69, 9.17) is 14.9 Å². The van der Waals surface area contributed by atoms with E-state index in [1.165, 1.54) is 11.8 Å². The lowest BCUT2D eigenvalue weighted by atomic mass is 10.2. The van der Waals surface area contributed by atoms with Crippen molar-refractivity contribution in [2.45, 2.75) is 50.5 Å². The van der Waals surface area contributed by atoms with E-state index in [0.717, 1.165) is 16.5 Å². The lowest BCUT2D eigenvalue weighted by molar-refractivity contribution is 0.124. The Hall–Kier alpha value is -1.69. The fourth-order valence-electron chi connectivity index (χ4n) is 1.44. The van der Waals surface area contributed by atoms with Gasteiger partial charge in [-0.05, 0) is 58.5 Å². The maximum Gasteiger partial charge on any atom is 0.262 e. The summed E-state index contributed by atoms with van der Waals surface area (Å²) in [6.07, 6.45) is 0. The third-order valence-corrected chi connectivity index (χ3v) is 3.25. The number of aryl methyl sites for hydroxylation is 2. The SMILES string of the molecule is Cc1nc(Sc2ccc(N)c(OC(C)(C)C)n2)oc1C. The number of nitrogens with zero attached hydrogens (tertiary/aromatic N) is 2. The molecule has 2 N–H and O–H groups in total. The van der Waals surface area contributed by atoms with Crippen LogP contribution < -0.4 is 10.5 Å². The predicted octanol–water partition coefficient (Wildman–Crippen LogP) is 3.60. The molecule has 0 spiro atoms. The minimum atomic E-state index is -0.347. The van der Waals surface area contributed by atoms with Crippen LogP contribution >= 0.6 is 11.8 Å². The summed E-state index contributed by atoms with van der Waals surface area (Å²) in [5, 5.41) is 1.30. The van der Waals surface area contributed by atoms with Crippen LogP contribution in [-0.4, -0.2) is 15.6 Å². The van der Waals surface area contributed by atoms with Crippen LogP contribution in [0.1, 0.15) is 32.2 Å². The Balaban J connectivity index is 2.23. The van der Waals surface area contributed by atoms with Crippen LogP contribution in [0.3, 0.4) is 0 Å². The third-order valence-electron chi connectivity index (χ3n) is 2.47. The van der Waals surface area contributed by atoms with Crippen molar-refractivity contribution in [2.75, 3.05) is 5.73 Å². The molecule has 0 saturated heterocycles. The normalized spacial score (nSPS) is 11.7. The van der Waals surface area contributed by atoms with Crippen molar-refractivity contribution in [3.05, 3.63) is 23.6 Å². The molecule has 0 unspecified atom stereocenters. The van der Waals surface area contributed by atoms with E-state index in [9.17, 15) is 0 Å². The van der Waals surface area contributed by atoms with Crippen LogP contribution in [0.2, 0.25) is 0 Å². The van der Waals surface area contributed by atoms with Crippen LogP contribution in [0.5, 0.6) is 5.88 Å². The van der Waals surface area contributed by atoms with Crippen LogP contribution in [0, 0.1) is 13.8 Å². The summed E-state index contributed by atoms with van der Waals surface area (Å²) in [4.78, 5) is 8.72. The average molecular weight is 293 g/mol. The van der Waals surface area contributed by atoms with Crippen molar-refractivity contribution < 1.29 is 9.15 Å². The van der Waals surface area contributed by atoms with E-state index in [0.29, 0.717) is 16.8 Å². The molecule has 20 heavy (non-hydrogen) atoms. The molecule has 0 fully saturated rings. The molecule has 0 amide bonds. The number of nitrogen functional groups attached to an aromatic ring is 1. The molecule has 2 aromatic heterocycles. The zero-order chi connectivity index (χ0) is 14.9. The van der Waals surface area contributed by atoms with Gasteiger partial charge < -0.3 is 14.9 Å². The van der Waals surface area contributed by atoms with Gasteiger partial charge >= 0.3 is 0 Å². The molecule has 0 aliphatic rings. The maximum atomic E-state index is 5.88. The minimum Gasteiger partial charge on any atom is -0.470 e. The Kier molecular flexibility index (Phi) is 3.94. The highest BCUT2D eigenvalue weighted by Crippen LogP contribution is 2.31. The fraction of sp³-hybridized carbons (Fsp3) is 0.429. The van der Waals surface area contributed by atoms with Gasteiger partial charge in [-0.1, -0.05) is 0 Å². The van der Waals surface area contributed by atoms with E-state index in [1.54, 1.807) is 6.07 Å². The van der Waals surface area contributed by atoms with Gasteiger partial charge in [0.05, 0.1) is 11.4 Å². The maximum absolute atomic E-state index is 5.88. The average Bonchev–Trinajstić information content (AvgIpc) is 2.61. The monoisotopic (exact) mass is 293 g/mol. The Morgan fingerprint density at radius 3 is 2.45 bits per heavy atom. The summed E-state index contributed by atoms with van der Waals surface area (Å²) in [6.45, 7) is 9.66. The van der Waals surface area contributed by atoms with E-state index < -0.39 is 0 Å². The molecule has 0 radical (unpaired) electrons. The first kappa shape index (κ1) is 14.7. The molecular weight excluding hydrogens is 274 g/mol. The summed E-state index contributed by atoms with van der Waals surface area (Å²) in [5.41, 5.74) is 6.94. The Bertz CT molecular complexity index is 598. The number of nitrogens with two attached hydrogens (primary N) is 1. The van der Waals surface area contributed by atoms with E-state index in [2.05, 4.69) is 9.97 Å². The first-order chi connectivity index (χ1) is 9.24. The van der Waals surface area contributed by atoms with Crippen molar-refractivity contribution in [2.24, 2.45) is 0 Å². The third kappa shape index (κ3) is 3.66. The Morgan fingerprint density at radius 1 is 1.20 bits per heavy atom. The second-order valence-electron chi connectivity index (χ2n) is 5.48. The zero-order valence-corrected chi connectivity index (χ0v) is 13.2. The van der Waals surface area contributed by atoms with Gasteiger partial charge in [0, 0.05) is 0 Å². The molecule has 108 valence electrons. The van der Waals surface area contributed by atoms with Gasteiger partial charge in [-0.25, -0.2) is 9.97 Å².